The highest BCUT2D eigenvalue weighted by Gasteiger charge is 2.34. The second-order valence-corrected chi connectivity index (χ2v) is 5.07. The average Bonchev–Trinajstić information content (AvgIpc) is 2.76. The monoisotopic (exact) mass is 291 g/mol. The highest BCUT2D eigenvalue weighted by Crippen LogP contribution is 2.31. The SMILES string of the molecule is CC1OCCC1CNCc1ccc(F)c(C(F)(F)F)c1. The lowest BCUT2D eigenvalue weighted by Crippen LogP contribution is -2.26. The summed E-state index contributed by atoms with van der Waals surface area (Å²) in [4.78, 5) is 0. The Balaban J connectivity index is 1.93. The van der Waals surface area contributed by atoms with Crippen molar-refractivity contribution in [3.8, 4) is 0 Å². The van der Waals surface area contributed by atoms with E-state index in [2.05, 4.69) is 5.32 Å². The summed E-state index contributed by atoms with van der Waals surface area (Å²) in [6, 6.07) is 3.09. The van der Waals surface area contributed by atoms with Crippen LogP contribution in [0.1, 0.15) is 24.5 Å². The van der Waals surface area contributed by atoms with Crippen molar-refractivity contribution in [2.45, 2.75) is 32.2 Å². The Morgan fingerprint density at radius 3 is 2.70 bits per heavy atom. The van der Waals surface area contributed by atoms with Crippen LogP contribution in [0, 0.1) is 11.7 Å². The third-order valence-corrected chi connectivity index (χ3v) is 3.61. The van der Waals surface area contributed by atoms with Crippen LogP contribution in [0.25, 0.3) is 0 Å². The van der Waals surface area contributed by atoms with Crippen LogP contribution in [-0.4, -0.2) is 19.3 Å². The summed E-state index contributed by atoms with van der Waals surface area (Å²) in [5.74, 6) is -0.864. The topological polar surface area (TPSA) is 21.3 Å². The minimum Gasteiger partial charge on any atom is -0.378 e. The van der Waals surface area contributed by atoms with Gasteiger partial charge in [0.05, 0.1) is 11.7 Å². The highest BCUT2D eigenvalue weighted by molar-refractivity contribution is 5.27. The van der Waals surface area contributed by atoms with E-state index in [-0.39, 0.29) is 12.6 Å². The molecule has 1 aliphatic heterocycles. The zero-order valence-electron chi connectivity index (χ0n) is 11.1. The minimum absolute atomic E-state index is 0.168. The van der Waals surface area contributed by atoms with E-state index in [1.807, 2.05) is 6.92 Å². The third kappa shape index (κ3) is 3.70. The summed E-state index contributed by atoms with van der Waals surface area (Å²) in [5, 5.41) is 3.10. The fraction of sp³-hybridized carbons (Fsp3) is 0.571. The predicted molar refractivity (Wildman–Crippen MR) is 66.6 cm³/mol. The number of hydrogen-bond donors (Lipinski definition) is 1. The molecule has 20 heavy (non-hydrogen) atoms. The summed E-state index contributed by atoms with van der Waals surface area (Å²) >= 11 is 0. The van der Waals surface area contributed by atoms with Crippen LogP contribution < -0.4 is 5.32 Å². The first kappa shape index (κ1) is 15.3. The van der Waals surface area contributed by atoms with Crippen molar-refractivity contribution in [2.75, 3.05) is 13.2 Å². The van der Waals surface area contributed by atoms with Crippen molar-refractivity contribution >= 4 is 0 Å². The fourth-order valence-corrected chi connectivity index (χ4v) is 2.35. The summed E-state index contributed by atoms with van der Waals surface area (Å²) in [6.07, 6.45) is -3.54. The van der Waals surface area contributed by atoms with Gasteiger partial charge < -0.3 is 10.1 Å². The number of rotatable bonds is 4. The molecule has 2 atom stereocenters. The molecule has 112 valence electrons. The highest BCUT2D eigenvalue weighted by atomic mass is 19.4. The maximum absolute atomic E-state index is 13.1. The number of alkyl halides is 3. The Kier molecular flexibility index (Phi) is 4.65. The molecule has 1 N–H and O–H groups in total. The van der Waals surface area contributed by atoms with E-state index in [0.717, 1.165) is 25.2 Å². The number of nitrogens with one attached hydrogen (secondary N) is 1. The van der Waals surface area contributed by atoms with Crippen LogP contribution in [0.5, 0.6) is 0 Å². The molecule has 1 saturated heterocycles. The van der Waals surface area contributed by atoms with Gasteiger partial charge in [-0.1, -0.05) is 6.07 Å². The standard InChI is InChI=1S/C14H17F4NO/c1-9-11(4-5-20-9)8-19-7-10-2-3-13(15)12(6-10)14(16,17)18/h2-3,6,9,11,19H,4-5,7-8H2,1H3. The smallest absolute Gasteiger partial charge is 0.378 e. The van der Waals surface area contributed by atoms with Gasteiger partial charge >= 0.3 is 6.18 Å². The van der Waals surface area contributed by atoms with Gasteiger partial charge in [-0.25, -0.2) is 4.39 Å². The molecular weight excluding hydrogens is 274 g/mol. The molecular formula is C14H17F4NO. The summed E-state index contributed by atoms with van der Waals surface area (Å²) in [6.45, 7) is 3.67. The fourth-order valence-electron chi connectivity index (χ4n) is 2.35. The molecule has 2 rings (SSSR count). The maximum Gasteiger partial charge on any atom is 0.419 e. The Morgan fingerprint density at radius 2 is 2.10 bits per heavy atom. The van der Waals surface area contributed by atoms with Crippen LogP contribution in [0.2, 0.25) is 0 Å². The molecule has 0 radical (unpaired) electrons. The van der Waals surface area contributed by atoms with Crippen LogP contribution in [0.15, 0.2) is 18.2 Å². The summed E-state index contributed by atoms with van der Waals surface area (Å²) < 4.78 is 56.2. The van der Waals surface area contributed by atoms with E-state index in [1.54, 1.807) is 0 Å². The molecule has 0 bridgehead atoms. The molecule has 0 aromatic heterocycles. The van der Waals surface area contributed by atoms with Gasteiger partial charge in [0.25, 0.3) is 0 Å². The summed E-state index contributed by atoms with van der Waals surface area (Å²) in [5.41, 5.74) is -0.792. The first-order chi connectivity index (χ1) is 9.38. The van der Waals surface area contributed by atoms with Crippen LogP contribution in [-0.2, 0) is 17.5 Å². The van der Waals surface area contributed by atoms with E-state index in [0.29, 0.717) is 18.0 Å². The van der Waals surface area contributed by atoms with Gasteiger partial charge in [0, 0.05) is 19.7 Å². The molecule has 0 spiro atoms. The van der Waals surface area contributed by atoms with Gasteiger partial charge in [0.2, 0.25) is 0 Å². The van der Waals surface area contributed by atoms with Crippen molar-refractivity contribution in [3.63, 3.8) is 0 Å². The zero-order chi connectivity index (χ0) is 14.8. The van der Waals surface area contributed by atoms with Crippen molar-refractivity contribution in [1.82, 2.24) is 5.32 Å². The average molecular weight is 291 g/mol. The number of ether oxygens (including phenoxy) is 1. The normalized spacial score (nSPS) is 23.2. The molecule has 1 heterocycles. The Morgan fingerprint density at radius 1 is 1.35 bits per heavy atom. The summed E-state index contributed by atoms with van der Waals surface area (Å²) in [7, 11) is 0. The molecule has 2 nitrogen and oxygen atoms in total. The first-order valence-electron chi connectivity index (χ1n) is 6.56. The molecule has 1 fully saturated rings. The molecule has 0 aliphatic carbocycles. The number of halogens is 4. The first-order valence-corrected chi connectivity index (χ1v) is 6.56. The van der Waals surface area contributed by atoms with Crippen molar-refractivity contribution in [1.29, 1.82) is 0 Å². The van der Waals surface area contributed by atoms with Gasteiger partial charge in [-0.2, -0.15) is 13.2 Å². The second kappa shape index (κ2) is 6.10. The second-order valence-electron chi connectivity index (χ2n) is 5.07. The quantitative estimate of drug-likeness (QED) is 0.859. The lowest BCUT2D eigenvalue weighted by molar-refractivity contribution is -0.140. The van der Waals surface area contributed by atoms with Crippen molar-refractivity contribution in [3.05, 3.63) is 35.1 Å². The van der Waals surface area contributed by atoms with Gasteiger partial charge in [-0.15, -0.1) is 0 Å². The van der Waals surface area contributed by atoms with Gasteiger partial charge in [0.15, 0.2) is 0 Å². The Hall–Kier alpha value is -1.14. The predicted octanol–water partition coefficient (Wildman–Crippen LogP) is 3.36. The van der Waals surface area contributed by atoms with E-state index in [9.17, 15) is 17.6 Å². The lowest BCUT2D eigenvalue weighted by atomic mass is 10.0. The molecule has 2 unspecified atom stereocenters. The molecule has 0 amide bonds. The van der Waals surface area contributed by atoms with Crippen molar-refractivity contribution < 1.29 is 22.3 Å². The van der Waals surface area contributed by atoms with Gasteiger partial charge in [-0.05, 0) is 37.0 Å². The lowest BCUT2D eigenvalue weighted by Gasteiger charge is -2.15. The largest absolute Gasteiger partial charge is 0.419 e. The van der Waals surface area contributed by atoms with E-state index in [4.69, 9.17) is 4.74 Å². The van der Waals surface area contributed by atoms with E-state index < -0.39 is 17.6 Å². The molecule has 6 heteroatoms. The van der Waals surface area contributed by atoms with Crippen LogP contribution in [0.4, 0.5) is 17.6 Å². The third-order valence-electron chi connectivity index (χ3n) is 3.61. The maximum atomic E-state index is 13.1. The Bertz CT molecular complexity index is 461. The molecule has 1 aliphatic rings. The van der Waals surface area contributed by atoms with Gasteiger partial charge in [0.1, 0.15) is 5.82 Å². The Labute approximate surface area is 115 Å². The van der Waals surface area contributed by atoms with Crippen LogP contribution >= 0.6 is 0 Å². The zero-order valence-corrected chi connectivity index (χ0v) is 11.1. The molecule has 1 aromatic rings. The molecule has 1 aromatic carbocycles. The van der Waals surface area contributed by atoms with Crippen LogP contribution in [0.3, 0.4) is 0 Å². The number of benzene rings is 1. The van der Waals surface area contributed by atoms with Gasteiger partial charge in [-0.3, -0.25) is 0 Å². The molecule has 0 saturated carbocycles. The van der Waals surface area contributed by atoms with Crippen molar-refractivity contribution in [2.24, 2.45) is 5.92 Å². The van der Waals surface area contributed by atoms with E-state index >= 15 is 0 Å². The van der Waals surface area contributed by atoms with E-state index in [1.165, 1.54) is 6.07 Å². The minimum atomic E-state index is -4.66. The number of hydrogen-bond acceptors (Lipinski definition) is 2.